The van der Waals surface area contributed by atoms with Crippen molar-refractivity contribution in [2.24, 2.45) is 0 Å². The smallest absolute Gasteiger partial charge is 0.311 e. The molecule has 3 aromatic rings. The third-order valence-corrected chi connectivity index (χ3v) is 5.83. The number of sulfonamides is 1. The first-order valence-corrected chi connectivity index (χ1v) is 9.95. The minimum Gasteiger partial charge on any atom is -0.311 e. The van der Waals surface area contributed by atoms with Crippen molar-refractivity contribution < 1.29 is 21.6 Å². The van der Waals surface area contributed by atoms with Crippen LogP contribution < -0.4 is 4.72 Å². The van der Waals surface area contributed by atoms with E-state index in [1.807, 2.05) is 4.57 Å². The topological polar surface area (TPSA) is 76.9 Å². The van der Waals surface area contributed by atoms with Crippen LogP contribution >= 0.6 is 0 Å². The second-order valence-electron chi connectivity index (χ2n) is 6.41. The van der Waals surface area contributed by atoms with Gasteiger partial charge in [0.15, 0.2) is 5.82 Å². The van der Waals surface area contributed by atoms with Gasteiger partial charge in [-0.2, -0.15) is 13.2 Å². The number of rotatable bonds is 4. The molecule has 0 radical (unpaired) electrons. The highest BCUT2D eigenvalue weighted by atomic mass is 32.2. The van der Waals surface area contributed by atoms with Crippen molar-refractivity contribution in [2.75, 3.05) is 4.72 Å². The van der Waals surface area contributed by atoms with Gasteiger partial charge in [0.1, 0.15) is 5.82 Å². The van der Waals surface area contributed by atoms with Gasteiger partial charge in [-0.1, -0.05) is 18.2 Å². The van der Waals surface area contributed by atoms with Gasteiger partial charge in [-0.05, 0) is 36.8 Å². The number of benzene rings is 2. The van der Waals surface area contributed by atoms with Crippen LogP contribution in [-0.2, 0) is 29.2 Å². The fourth-order valence-electron chi connectivity index (χ4n) is 3.14. The Morgan fingerprint density at radius 1 is 1.04 bits per heavy atom. The van der Waals surface area contributed by atoms with Crippen molar-refractivity contribution in [3.8, 4) is 11.4 Å². The molecule has 0 fully saturated rings. The molecule has 0 atom stereocenters. The van der Waals surface area contributed by atoms with E-state index >= 15 is 0 Å². The number of aromatic nitrogens is 3. The quantitative estimate of drug-likeness (QED) is 0.714. The van der Waals surface area contributed by atoms with Crippen LogP contribution in [0.3, 0.4) is 0 Å². The van der Waals surface area contributed by atoms with Gasteiger partial charge in [0.2, 0.25) is 0 Å². The maximum atomic E-state index is 12.9. The zero-order valence-corrected chi connectivity index (χ0v) is 15.3. The molecule has 0 aliphatic carbocycles. The van der Waals surface area contributed by atoms with Crippen molar-refractivity contribution in [3.63, 3.8) is 0 Å². The molecule has 0 saturated heterocycles. The van der Waals surface area contributed by atoms with Crippen molar-refractivity contribution in [3.05, 3.63) is 59.9 Å². The summed E-state index contributed by atoms with van der Waals surface area (Å²) in [6.45, 7) is 0.790. The van der Waals surface area contributed by atoms with Crippen LogP contribution in [0.15, 0.2) is 53.4 Å². The fourth-order valence-corrected chi connectivity index (χ4v) is 4.23. The first-order valence-electron chi connectivity index (χ1n) is 8.47. The van der Waals surface area contributed by atoms with E-state index in [0.29, 0.717) is 17.5 Å². The zero-order valence-electron chi connectivity index (χ0n) is 14.4. The molecule has 6 nitrogen and oxygen atoms in total. The number of aryl methyl sites for hydroxylation is 1. The van der Waals surface area contributed by atoms with E-state index in [-0.39, 0.29) is 5.69 Å². The van der Waals surface area contributed by atoms with E-state index in [1.165, 1.54) is 6.07 Å². The van der Waals surface area contributed by atoms with Gasteiger partial charge in [-0.15, -0.1) is 10.2 Å². The zero-order chi connectivity index (χ0) is 19.9. The van der Waals surface area contributed by atoms with E-state index in [0.717, 1.165) is 43.4 Å². The van der Waals surface area contributed by atoms with E-state index in [2.05, 4.69) is 14.9 Å². The highest BCUT2D eigenvalue weighted by molar-refractivity contribution is 7.92. The van der Waals surface area contributed by atoms with Crippen LogP contribution in [0, 0.1) is 0 Å². The molecule has 0 amide bonds. The Hall–Kier alpha value is -2.88. The summed E-state index contributed by atoms with van der Waals surface area (Å²) in [5.41, 5.74) is -0.127. The lowest BCUT2D eigenvalue weighted by Crippen LogP contribution is -2.14. The van der Waals surface area contributed by atoms with Gasteiger partial charge in [0.25, 0.3) is 10.0 Å². The van der Waals surface area contributed by atoms with Gasteiger partial charge in [-0.3, -0.25) is 4.72 Å². The number of nitrogens with zero attached hydrogens (tertiary/aromatic N) is 3. The minimum absolute atomic E-state index is 0.227. The molecule has 10 heteroatoms. The number of nitrogens with one attached hydrogen (secondary N) is 1. The molecule has 1 aliphatic heterocycles. The largest absolute Gasteiger partial charge is 0.416 e. The van der Waals surface area contributed by atoms with E-state index in [1.54, 1.807) is 18.2 Å². The molecule has 28 heavy (non-hydrogen) atoms. The standard InChI is InChI=1S/C18H15F3N4O2S/c19-18(20,21)13-5-2-7-15(11-13)28(26,27)24-14-6-1-4-12(10-14)17-23-22-16-8-3-9-25(16)17/h1-2,4-7,10-11,24H,3,8-9H2. The third-order valence-electron chi connectivity index (χ3n) is 4.45. The molecule has 1 N–H and O–H groups in total. The molecule has 146 valence electrons. The lowest BCUT2D eigenvalue weighted by molar-refractivity contribution is -0.137. The van der Waals surface area contributed by atoms with E-state index in [9.17, 15) is 21.6 Å². The number of anilines is 1. The summed E-state index contributed by atoms with van der Waals surface area (Å²) in [6.07, 6.45) is -2.81. The van der Waals surface area contributed by atoms with Crippen molar-refractivity contribution in [1.82, 2.24) is 14.8 Å². The normalized spacial score (nSPS) is 14.1. The molecule has 4 rings (SSSR count). The van der Waals surface area contributed by atoms with Crippen LogP contribution in [0.2, 0.25) is 0 Å². The van der Waals surface area contributed by atoms with Crippen molar-refractivity contribution >= 4 is 15.7 Å². The van der Waals surface area contributed by atoms with Crippen LogP contribution in [0.1, 0.15) is 17.8 Å². The lowest BCUT2D eigenvalue weighted by Gasteiger charge is -2.12. The van der Waals surface area contributed by atoms with Gasteiger partial charge >= 0.3 is 6.18 Å². The minimum atomic E-state index is -4.63. The Kier molecular flexibility index (Phi) is 4.37. The fraction of sp³-hybridized carbons (Fsp3) is 0.222. The molecule has 1 aliphatic rings. The van der Waals surface area contributed by atoms with Crippen LogP contribution in [0.4, 0.5) is 18.9 Å². The van der Waals surface area contributed by atoms with Crippen molar-refractivity contribution in [2.45, 2.75) is 30.5 Å². The van der Waals surface area contributed by atoms with Crippen LogP contribution in [0.25, 0.3) is 11.4 Å². The number of halogens is 3. The summed E-state index contributed by atoms with van der Waals surface area (Å²) >= 11 is 0. The SMILES string of the molecule is O=S(=O)(Nc1cccc(-c2nnc3n2CCC3)c1)c1cccc(C(F)(F)F)c1. The number of hydrogen-bond acceptors (Lipinski definition) is 4. The first-order chi connectivity index (χ1) is 13.2. The average Bonchev–Trinajstić information content (AvgIpc) is 3.24. The first kappa shape index (κ1) is 18.5. The number of alkyl halides is 3. The monoisotopic (exact) mass is 408 g/mol. The van der Waals surface area contributed by atoms with Gasteiger partial charge in [0.05, 0.1) is 10.5 Å². The molecule has 1 aromatic heterocycles. The Morgan fingerprint density at radius 3 is 2.61 bits per heavy atom. The Labute approximate surface area is 159 Å². The van der Waals surface area contributed by atoms with E-state index in [4.69, 9.17) is 0 Å². The van der Waals surface area contributed by atoms with Gasteiger partial charge in [0, 0.05) is 24.2 Å². The number of fused-ring (bicyclic) bond motifs is 1. The average molecular weight is 408 g/mol. The highest BCUT2D eigenvalue weighted by Gasteiger charge is 2.31. The van der Waals surface area contributed by atoms with E-state index < -0.39 is 26.7 Å². The molecule has 0 saturated carbocycles. The lowest BCUT2D eigenvalue weighted by atomic mass is 10.2. The summed E-state index contributed by atoms with van der Waals surface area (Å²) in [5, 5.41) is 8.28. The summed E-state index contributed by atoms with van der Waals surface area (Å²) in [5.74, 6) is 1.51. The van der Waals surface area contributed by atoms with Crippen molar-refractivity contribution in [1.29, 1.82) is 0 Å². The predicted molar refractivity (Wildman–Crippen MR) is 96.0 cm³/mol. The number of hydrogen-bond donors (Lipinski definition) is 1. The van der Waals surface area contributed by atoms with Gasteiger partial charge < -0.3 is 4.57 Å². The Bertz CT molecular complexity index is 1140. The second kappa shape index (κ2) is 6.62. The molecule has 2 heterocycles. The molecular weight excluding hydrogens is 393 g/mol. The summed E-state index contributed by atoms with van der Waals surface area (Å²) in [4.78, 5) is -0.462. The molecule has 2 aromatic carbocycles. The second-order valence-corrected chi connectivity index (χ2v) is 8.09. The van der Waals surface area contributed by atoms with Crippen LogP contribution in [-0.4, -0.2) is 23.2 Å². The summed E-state index contributed by atoms with van der Waals surface area (Å²) < 4.78 is 68.0. The maximum Gasteiger partial charge on any atom is 0.416 e. The predicted octanol–water partition coefficient (Wildman–Crippen LogP) is 3.71. The highest BCUT2D eigenvalue weighted by Crippen LogP contribution is 2.31. The third kappa shape index (κ3) is 3.47. The van der Waals surface area contributed by atoms with Gasteiger partial charge in [-0.25, -0.2) is 8.42 Å². The Morgan fingerprint density at radius 2 is 1.82 bits per heavy atom. The van der Waals surface area contributed by atoms with Crippen LogP contribution in [0.5, 0.6) is 0 Å². The molecular formula is C18H15F3N4O2S. The molecule has 0 spiro atoms. The molecule has 0 bridgehead atoms. The Balaban J connectivity index is 1.64. The maximum absolute atomic E-state index is 12.9. The molecule has 0 unspecified atom stereocenters. The summed E-state index contributed by atoms with van der Waals surface area (Å²) in [6, 6.07) is 10.1. The summed E-state index contributed by atoms with van der Waals surface area (Å²) in [7, 11) is -4.19.